The summed E-state index contributed by atoms with van der Waals surface area (Å²) in [7, 11) is 0. The van der Waals surface area contributed by atoms with Gasteiger partial charge in [0.2, 0.25) is 0 Å². The molecule has 3 aromatic rings. The normalized spacial score (nSPS) is 9.72. The number of anilines is 1. The van der Waals surface area contributed by atoms with E-state index >= 15 is 0 Å². The van der Waals surface area contributed by atoms with Gasteiger partial charge in [-0.2, -0.15) is 10.5 Å². The number of nitrogens with zero attached hydrogens (tertiary/aromatic N) is 2. The van der Waals surface area contributed by atoms with E-state index < -0.39 is 0 Å². The van der Waals surface area contributed by atoms with Crippen LogP contribution in [0, 0.1) is 22.7 Å². The van der Waals surface area contributed by atoms with E-state index in [-0.39, 0.29) is 18.1 Å². The Morgan fingerprint density at radius 3 is 2.38 bits per heavy atom. The van der Waals surface area contributed by atoms with Crippen LogP contribution in [0.4, 0.5) is 5.69 Å². The number of carbonyl (C=O) groups excluding carboxylic acids is 1. The molecule has 0 aliphatic heterocycles. The number of amides is 1. The SMILES string of the molecule is CCOc1cc(C=C(C#N)C#N)ccc1OCC(=O)Nc1ccccc1-c1ccccc1. The van der Waals surface area contributed by atoms with Crippen molar-refractivity contribution in [1.29, 1.82) is 10.5 Å². The van der Waals surface area contributed by atoms with Crippen molar-refractivity contribution in [2.45, 2.75) is 6.92 Å². The highest BCUT2D eigenvalue weighted by Gasteiger charge is 2.12. The maximum Gasteiger partial charge on any atom is 0.262 e. The number of nitrogens with one attached hydrogen (secondary N) is 1. The number of rotatable bonds is 8. The summed E-state index contributed by atoms with van der Waals surface area (Å²) in [6.07, 6.45) is 1.46. The molecule has 3 rings (SSSR count). The molecule has 0 saturated carbocycles. The van der Waals surface area contributed by atoms with Crippen LogP contribution in [0.5, 0.6) is 11.5 Å². The first-order valence-electron chi connectivity index (χ1n) is 10.0. The summed E-state index contributed by atoms with van der Waals surface area (Å²) in [5, 5.41) is 20.8. The van der Waals surface area contributed by atoms with Crippen LogP contribution in [0.25, 0.3) is 17.2 Å². The molecular formula is C26H21N3O3. The van der Waals surface area contributed by atoms with Crippen LogP contribution < -0.4 is 14.8 Å². The minimum atomic E-state index is -0.309. The predicted octanol–water partition coefficient (Wildman–Crippen LogP) is 5.20. The zero-order chi connectivity index (χ0) is 22.8. The fourth-order valence-corrected chi connectivity index (χ4v) is 3.05. The first-order valence-corrected chi connectivity index (χ1v) is 10.0. The molecule has 0 aliphatic carbocycles. The third-order valence-corrected chi connectivity index (χ3v) is 4.46. The van der Waals surface area contributed by atoms with Gasteiger partial charge in [-0.1, -0.05) is 54.6 Å². The van der Waals surface area contributed by atoms with Gasteiger partial charge in [0.05, 0.1) is 6.61 Å². The number of benzene rings is 3. The monoisotopic (exact) mass is 423 g/mol. The van der Waals surface area contributed by atoms with Gasteiger partial charge in [0, 0.05) is 11.3 Å². The molecule has 6 heteroatoms. The highest BCUT2D eigenvalue weighted by molar-refractivity contribution is 5.96. The number of hydrogen-bond donors (Lipinski definition) is 1. The summed E-state index contributed by atoms with van der Waals surface area (Å²) in [5.41, 5.74) is 3.22. The fraction of sp³-hybridized carbons (Fsp3) is 0.115. The van der Waals surface area contributed by atoms with E-state index in [2.05, 4.69) is 5.32 Å². The summed E-state index contributed by atoms with van der Waals surface area (Å²) < 4.78 is 11.3. The zero-order valence-electron chi connectivity index (χ0n) is 17.5. The van der Waals surface area contributed by atoms with E-state index in [1.807, 2.05) is 73.7 Å². The van der Waals surface area contributed by atoms with Gasteiger partial charge >= 0.3 is 0 Å². The molecule has 0 bridgehead atoms. The van der Waals surface area contributed by atoms with Crippen LogP contribution in [0.2, 0.25) is 0 Å². The highest BCUT2D eigenvalue weighted by Crippen LogP contribution is 2.30. The Morgan fingerprint density at radius 2 is 1.66 bits per heavy atom. The van der Waals surface area contributed by atoms with Crippen molar-refractivity contribution in [3.63, 3.8) is 0 Å². The summed E-state index contributed by atoms with van der Waals surface area (Å²) in [6, 6.07) is 26.0. The molecule has 0 unspecified atom stereocenters. The van der Waals surface area contributed by atoms with Gasteiger partial charge in [-0.3, -0.25) is 4.79 Å². The Labute approximate surface area is 186 Å². The molecule has 0 aliphatic rings. The Hall–Kier alpha value is -4.55. The molecular weight excluding hydrogens is 402 g/mol. The number of hydrogen-bond acceptors (Lipinski definition) is 5. The van der Waals surface area contributed by atoms with Crippen LogP contribution in [0.1, 0.15) is 12.5 Å². The maximum atomic E-state index is 12.6. The lowest BCUT2D eigenvalue weighted by Crippen LogP contribution is -2.20. The average molecular weight is 423 g/mol. The Bertz CT molecular complexity index is 1190. The van der Waals surface area contributed by atoms with Crippen molar-refractivity contribution in [2.75, 3.05) is 18.5 Å². The second kappa shape index (κ2) is 11.0. The molecule has 0 saturated heterocycles. The van der Waals surface area contributed by atoms with E-state index in [0.29, 0.717) is 29.4 Å². The maximum absolute atomic E-state index is 12.6. The van der Waals surface area contributed by atoms with Gasteiger partial charge in [0.25, 0.3) is 5.91 Å². The quantitative estimate of drug-likeness (QED) is 0.503. The van der Waals surface area contributed by atoms with Crippen molar-refractivity contribution in [2.24, 2.45) is 0 Å². The van der Waals surface area contributed by atoms with E-state index in [4.69, 9.17) is 20.0 Å². The second-order valence-corrected chi connectivity index (χ2v) is 6.67. The first kappa shape index (κ1) is 22.1. The van der Waals surface area contributed by atoms with Crippen molar-refractivity contribution in [3.8, 4) is 34.8 Å². The van der Waals surface area contributed by atoms with Gasteiger partial charge in [-0.05, 0) is 42.3 Å². The minimum absolute atomic E-state index is 0.0161. The van der Waals surface area contributed by atoms with Gasteiger partial charge in [0.1, 0.15) is 17.7 Å². The van der Waals surface area contributed by atoms with Gasteiger partial charge in [-0.25, -0.2) is 0 Å². The third kappa shape index (κ3) is 5.75. The van der Waals surface area contributed by atoms with Crippen molar-refractivity contribution < 1.29 is 14.3 Å². The average Bonchev–Trinajstić information content (AvgIpc) is 2.83. The van der Waals surface area contributed by atoms with Crippen molar-refractivity contribution in [3.05, 3.63) is 83.9 Å². The Morgan fingerprint density at radius 1 is 0.938 bits per heavy atom. The number of nitriles is 2. The van der Waals surface area contributed by atoms with Gasteiger partial charge in [0.15, 0.2) is 18.1 Å². The van der Waals surface area contributed by atoms with E-state index in [0.717, 1.165) is 11.1 Å². The number of ether oxygens (including phenoxy) is 2. The van der Waals surface area contributed by atoms with Gasteiger partial charge < -0.3 is 14.8 Å². The molecule has 0 spiro atoms. The molecule has 6 nitrogen and oxygen atoms in total. The molecule has 3 aromatic carbocycles. The molecule has 1 N–H and O–H groups in total. The van der Waals surface area contributed by atoms with E-state index in [1.54, 1.807) is 18.2 Å². The summed E-state index contributed by atoms with van der Waals surface area (Å²) in [4.78, 5) is 12.6. The first-order chi connectivity index (χ1) is 15.6. The van der Waals surface area contributed by atoms with Crippen LogP contribution in [0.3, 0.4) is 0 Å². The number of para-hydroxylation sites is 1. The highest BCUT2D eigenvalue weighted by atomic mass is 16.5. The number of carbonyl (C=O) groups is 1. The molecule has 32 heavy (non-hydrogen) atoms. The van der Waals surface area contributed by atoms with Crippen LogP contribution in [-0.4, -0.2) is 19.1 Å². The zero-order valence-corrected chi connectivity index (χ0v) is 17.5. The van der Waals surface area contributed by atoms with Crippen LogP contribution in [-0.2, 0) is 4.79 Å². The summed E-state index contributed by atoms with van der Waals surface area (Å²) in [6.45, 7) is 2.01. The second-order valence-electron chi connectivity index (χ2n) is 6.67. The lowest BCUT2D eigenvalue weighted by atomic mass is 10.0. The standard InChI is InChI=1S/C26H21N3O3/c1-2-31-25-15-19(14-20(16-27)17-28)12-13-24(25)32-18-26(30)29-23-11-7-6-10-22(23)21-8-4-3-5-9-21/h3-15H,2,18H2,1H3,(H,29,30). The smallest absolute Gasteiger partial charge is 0.262 e. The largest absolute Gasteiger partial charge is 0.490 e. The Balaban J connectivity index is 1.72. The molecule has 0 fully saturated rings. The number of allylic oxidation sites excluding steroid dienone is 1. The lowest BCUT2D eigenvalue weighted by molar-refractivity contribution is -0.118. The van der Waals surface area contributed by atoms with Crippen molar-refractivity contribution in [1.82, 2.24) is 0 Å². The molecule has 0 heterocycles. The molecule has 0 radical (unpaired) electrons. The van der Waals surface area contributed by atoms with Gasteiger partial charge in [-0.15, -0.1) is 0 Å². The molecule has 158 valence electrons. The fourth-order valence-electron chi connectivity index (χ4n) is 3.05. The lowest BCUT2D eigenvalue weighted by Gasteiger charge is -2.14. The summed E-state index contributed by atoms with van der Waals surface area (Å²) >= 11 is 0. The van der Waals surface area contributed by atoms with E-state index in [9.17, 15) is 4.79 Å². The van der Waals surface area contributed by atoms with Crippen LogP contribution >= 0.6 is 0 Å². The van der Waals surface area contributed by atoms with Crippen molar-refractivity contribution >= 4 is 17.7 Å². The van der Waals surface area contributed by atoms with Crippen LogP contribution in [0.15, 0.2) is 78.4 Å². The Kier molecular flexibility index (Phi) is 7.62. The molecule has 0 atom stereocenters. The molecule has 1 amide bonds. The molecule has 0 aromatic heterocycles. The summed E-state index contributed by atoms with van der Waals surface area (Å²) in [5.74, 6) is 0.510. The topological polar surface area (TPSA) is 95.1 Å². The van der Waals surface area contributed by atoms with E-state index in [1.165, 1.54) is 6.08 Å². The predicted molar refractivity (Wildman–Crippen MR) is 123 cm³/mol. The minimum Gasteiger partial charge on any atom is -0.490 e. The third-order valence-electron chi connectivity index (χ3n) is 4.46.